The number of nitrogens with zero attached hydrogens (tertiary/aromatic N) is 1. The van der Waals surface area contributed by atoms with Gasteiger partial charge in [0.15, 0.2) is 5.76 Å². The Kier molecular flexibility index (Phi) is 2.74. The van der Waals surface area contributed by atoms with Crippen molar-refractivity contribution in [3.05, 3.63) is 35.0 Å². The second-order valence-electron chi connectivity index (χ2n) is 3.30. The zero-order valence-corrected chi connectivity index (χ0v) is 9.01. The van der Waals surface area contributed by atoms with E-state index >= 15 is 0 Å². The van der Waals surface area contributed by atoms with Gasteiger partial charge in [0.25, 0.3) is 0 Å². The van der Waals surface area contributed by atoms with Crippen molar-refractivity contribution in [2.24, 2.45) is 0 Å². The highest BCUT2D eigenvalue weighted by molar-refractivity contribution is 6.31. The molecular weight excluding hydrogens is 257 g/mol. The van der Waals surface area contributed by atoms with E-state index in [0.29, 0.717) is 5.56 Å². The molecule has 3 nitrogen and oxygen atoms in total. The number of hydrogen-bond acceptors (Lipinski definition) is 3. The lowest BCUT2D eigenvalue weighted by Crippen LogP contribution is -2.05. The SMILES string of the molecule is Nc1cnoc1-c1ccc(C(F)(F)F)c(Cl)c1. The maximum Gasteiger partial charge on any atom is 0.417 e. The van der Waals surface area contributed by atoms with E-state index in [1.165, 1.54) is 12.3 Å². The van der Waals surface area contributed by atoms with Crippen LogP contribution in [0.2, 0.25) is 5.02 Å². The van der Waals surface area contributed by atoms with E-state index in [4.69, 9.17) is 21.9 Å². The Morgan fingerprint density at radius 3 is 2.47 bits per heavy atom. The van der Waals surface area contributed by atoms with Gasteiger partial charge in [-0.1, -0.05) is 22.8 Å². The van der Waals surface area contributed by atoms with E-state index in [0.717, 1.165) is 12.1 Å². The molecule has 0 spiro atoms. The maximum atomic E-state index is 12.5. The lowest BCUT2D eigenvalue weighted by atomic mass is 10.1. The first-order chi connectivity index (χ1) is 7.89. The van der Waals surface area contributed by atoms with Gasteiger partial charge in [0, 0.05) is 5.56 Å². The summed E-state index contributed by atoms with van der Waals surface area (Å²) in [5.41, 5.74) is 5.21. The summed E-state index contributed by atoms with van der Waals surface area (Å²) in [5, 5.41) is 3.02. The molecule has 0 aliphatic heterocycles. The summed E-state index contributed by atoms with van der Waals surface area (Å²) >= 11 is 5.56. The molecule has 2 aromatic rings. The van der Waals surface area contributed by atoms with Gasteiger partial charge in [0.05, 0.1) is 16.8 Å². The lowest BCUT2D eigenvalue weighted by molar-refractivity contribution is -0.137. The van der Waals surface area contributed by atoms with Crippen molar-refractivity contribution in [3.8, 4) is 11.3 Å². The highest BCUT2D eigenvalue weighted by Crippen LogP contribution is 2.37. The average Bonchev–Trinajstić information content (AvgIpc) is 2.62. The molecule has 2 rings (SSSR count). The monoisotopic (exact) mass is 262 g/mol. The van der Waals surface area contributed by atoms with Crippen molar-refractivity contribution >= 4 is 17.3 Å². The predicted molar refractivity (Wildman–Crippen MR) is 56.4 cm³/mol. The highest BCUT2D eigenvalue weighted by atomic mass is 35.5. The van der Waals surface area contributed by atoms with E-state index in [2.05, 4.69) is 5.16 Å². The number of nitrogens with two attached hydrogens (primary N) is 1. The summed E-state index contributed by atoms with van der Waals surface area (Å²) < 4.78 is 42.2. The first-order valence-corrected chi connectivity index (χ1v) is 4.84. The average molecular weight is 263 g/mol. The summed E-state index contributed by atoms with van der Waals surface area (Å²) in [6.07, 6.45) is -3.22. The molecular formula is C10H6ClF3N2O. The van der Waals surface area contributed by atoms with Crippen molar-refractivity contribution in [1.29, 1.82) is 0 Å². The molecule has 1 aromatic heterocycles. The fourth-order valence-electron chi connectivity index (χ4n) is 1.35. The van der Waals surface area contributed by atoms with E-state index in [1.807, 2.05) is 0 Å². The molecule has 0 saturated carbocycles. The molecule has 0 radical (unpaired) electrons. The third-order valence-corrected chi connectivity index (χ3v) is 2.45. The van der Waals surface area contributed by atoms with Crippen LogP contribution < -0.4 is 5.73 Å². The van der Waals surface area contributed by atoms with Gasteiger partial charge in [0.1, 0.15) is 5.69 Å². The van der Waals surface area contributed by atoms with E-state index in [9.17, 15) is 13.2 Å². The van der Waals surface area contributed by atoms with Gasteiger partial charge >= 0.3 is 6.18 Å². The number of alkyl halides is 3. The summed E-state index contributed by atoms with van der Waals surface area (Å²) in [6, 6.07) is 3.24. The van der Waals surface area contributed by atoms with Crippen LogP contribution in [0.25, 0.3) is 11.3 Å². The topological polar surface area (TPSA) is 52.0 Å². The Balaban J connectivity index is 2.49. The second-order valence-corrected chi connectivity index (χ2v) is 3.71. The molecule has 0 unspecified atom stereocenters. The second kappa shape index (κ2) is 3.96. The van der Waals surface area contributed by atoms with Crippen molar-refractivity contribution in [2.75, 3.05) is 5.73 Å². The van der Waals surface area contributed by atoms with Crippen molar-refractivity contribution in [2.45, 2.75) is 6.18 Å². The van der Waals surface area contributed by atoms with Crippen LogP contribution in [-0.4, -0.2) is 5.16 Å². The standard InChI is InChI=1S/C10H6ClF3N2O/c11-7-3-5(9-8(15)4-16-17-9)1-2-6(7)10(12,13)14/h1-4H,15H2. The summed E-state index contributed by atoms with van der Waals surface area (Å²) in [7, 11) is 0. The number of benzene rings is 1. The van der Waals surface area contributed by atoms with Crippen LogP contribution in [0.5, 0.6) is 0 Å². The van der Waals surface area contributed by atoms with Gasteiger partial charge in [-0.05, 0) is 12.1 Å². The molecule has 0 fully saturated rings. The van der Waals surface area contributed by atoms with Crippen molar-refractivity contribution in [1.82, 2.24) is 5.16 Å². The van der Waals surface area contributed by atoms with Gasteiger partial charge in [-0.3, -0.25) is 0 Å². The molecule has 0 aliphatic carbocycles. The Morgan fingerprint density at radius 2 is 2.00 bits per heavy atom. The predicted octanol–water partition coefficient (Wildman–Crippen LogP) is 3.60. The normalized spacial score (nSPS) is 11.8. The van der Waals surface area contributed by atoms with E-state index in [1.54, 1.807) is 0 Å². The molecule has 1 aromatic carbocycles. The zero-order valence-electron chi connectivity index (χ0n) is 8.25. The number of nitrogen functional groups attached to an aromatic ring is 1. The van der Waals surface area contributed by atoms with Gasteiger partial charge in [-0.15, -0.1) is 0 Å². The molecule has 1 heterocycles. The number of hydrogen-bond donors (Lipinski definition) is 1. The van der Waals surface area contributed by atoms with Crippen LogP contribution >= 0.6 is 11.6 Å². The van der Waals surface area contributed by atoms with Gasteiger partial charge < -0.3 is 10.3 Å². The minimum atomic E-state index is -4.48. The number of halogens is 4. The molecule has 0 aliphatic rings. The van der Waals surface area contributed by atoms with Gasteiger partial charge in [-0.25, -0.2) is 0 Å². The number of rotatable bonds is 1. The van der Waals surface area contributed by atoms with Crippen LogP contribution in [0.4, 0.5) is 18.9 Å². The van der Waals surface area contributed by atoms with Gasteiger partial charge in [-0.2, -0.15) is 13.2 Å². The van der Waals surface area contributed by atoms with Crippen molar-refractivity contribution in [3.63, 3.8) is 0 Å². The molecule has 7 heteroatoms. The molecule has 17 heavy (non-hydrogen) atoms. The van der Waals surface area contributed by atoms with Crippen LogP contribution in [-0.2, 0) is 6.18 Å². The quantitative estimate of drug-likeness (QED) is 0.854. The number of aromatic nitrogens is 1. The minimum absolute atomic E-state index is 0.195. The molecule has 2 N–H and O–H groups in total. The highest BCUT2D eigenvalue weighted by Gasteiger charge is 2.33. The minimum Gasteiger partial charge on any atom is -0.394 e. The Hall–Kier alpha value is -1.69. The smallest absolute Gasteiger partial charge is 0.394 e. The molecule has 0 bridgehead atoms. The largest absolute Gasteiger partial charge is 0.417 e. The van der Waals surface area contributed by atoms with E-state index in [-0.39, 0.29) is 11.4 Å². The van der Waals surface area contributed by atoms with Crippen LogP contribution in [0.1, 0.15) is 5.56 Å². The Labute approximate surface area is 99.0 Å². The van der Waals surface area contributed by atoms with Crippen molar-refractivity contribution < 1.29 is 17.7 Å². The zero-order chi connectivity index (χ0) is 12.6. The Morgan fingerprint density at radius 1 is 1.29 bits per heavy atom. The summed E-state index contributed by atoms with van der Waals surface area (Å²) in [4.78, 5) is 0. The van der Waals surface area contributed by atoms with Crippen LogP contribution in [0, 0.1) is 0 Å². The summed E-state index contributed by atoms with van der Waals surface area (Å²) in [5.74, 6) is 0.195. The fraction of sp³-hybridized carbons (Fsp3) is 0.100. The summed E-state index contributed by atoms with van der Waals surface area (Å²) in [6.45, 7) is 0. The van der Waals surface area contributed by atoms with Gasteiger partial charge in [0.2, 0.25) is 0 Å². The molecule has 0 atom stereocenters. The maximum absolute atomic E-state index is 12.5. The van der Waals surface area contributed by atoms with Crippen LogP contribution in [0.15, 0.2) is 28.9 Å². The third-order valence-electron chi connectivity index (χ3n) is 2.13. The third kappa shape index (κ3) is 2.21. The molecule has 0 amide bonds. The first kappa shape index (κ1) is 11.8. The fourth-order valence-corrected chi connectivity index (χ4v) is 1.64. The molecule has 0 saturated heterocycles. The van der Waals surface area contributed by atoms with Crippen LogP contribution in [0.3, 0.4) is 0 Å². The lowest BCUT2D eigenvalue weighted by Gasteiger charge is -2.09. The van der Waals surface area contributed by atoms with E-state index < -0.39 is 16.8 Å². The molecule has 90 valence electrons. The number of anilines is 1. The Bertz CT molecular complexity index is 551. The first-order valence-electron chi connectivity index (χ1n) is 4.47.